The Kier molecular flexibility index (Phi) is 7.67. The zero-order chi connectivity index (χ0) is 22.4. The summed E-state index contributed by atoms with van der Waals surface area (Å²) in [5, 5.41) is 0.870. The van der Waals surface area contributed by atoms with Crippen molar-refractivity contribution >= 4 is 38.9 Å². The molecular weight excluding hydrogens is 459 g/mol. The molecule has 0 bridgehead atoms. The first-order chi connectivity index (χ1) is 14.7. The summed E-state index contributed by atoms with van der Waals surface area (Å²) < 4.78 is 39.4. The quantitative estimate of drug-likeness (QED) is 0.436. The molecule has 3 aromatic carbocycles. The van der Waals surface area contributed by atoms with E-state index in [2.05, 4.69) is 4.72 Å². The number of sulfonamides is 1. The smallest absolute Gasteiger partial charge is 0.261 e. The summed E-state index contributed by atoms with van der Waals surface area (Å²) in [4.78, 5) is 2.06. The maximum Gasteiger partial charge on any atom is 0.261 e. The van der Waals surface area contributed by atoms with Crippen molar-refractivity contribution in [3.63, 3.8) is 0 Å². The van der Waals surface area contributed by atoms with Crippen molar-refractivity contribution in [3.8, 4) is 17.2 Å². The lowest BCUT2D eigenvalue weighted by atomic mass is 10.3. The fraction of sp³-hybridized carbons (Fsp3) is 0.182. The highest BCUT2D eigenvalue weighted by Gasteiger charge is 2.16. The lowest BCUT2D eigenvalue weighted by molar-refractivity contribution is 0.261. The van der Waals surface area contributed by atoms with Crippen LogP contribution >= 0.6 is 23.2 Å². The number of ether oxygens (including phenoxy) is 2. The number of likely N-dealkylation sites (N-methyl/N-ethyl adjacent to an activating group) is 1. The first-order valence-electron chi connectivity index (χ1n) is 9.37. The van der Waals surface area contributed by atoms with E-state index in [4.69, 9.17) is 32.7 Å². The molecule has 0 fully saturated rings. The van der Waals surface area contributed by atoms with Crippen LogP contribution < -0.4 is 14.2 Å². The van der Waals surface area contributed by atoms with Gasteiger partial charge in [0, 0.05) is 12.6 Å². The first-order valence-corrected chi connectivity index (χ1v) is 11.6. The van der Waals surface area contributed by atoms with Gasteiger partial charge >= 0.3 is 0 Å². The maximum absolute atomic E-state index is 12.8. The predicted molar refractivity (Wildman–Crippen MR) is 124 cm³/mol. The van der Waals surface area contributed by atoms with E-state index in [1.165, 1.54) is 12.1 Å². The molecule has 164 valence electrons. The van der Waals surface area contributed by atoms with Crippen molar-refractivity contribution in [1.29, 1.82) is 0 Å². The standard InChI is InChI=1S/C22H22Cl2N2O4S/c1-26(2)13-14-29-22-15-16(7-12-20(22)24)25-31(27,28)18-10-8-17(9-11-18)30-21-6-4-3-5-19(21)23/h3-12,15,25H,13-14H2,1-2H3. The van der Waals surface area contributed by atoms with Gasteiger partial charge in [0.15, 0.2) is 0 Å². The Bertz CT molecular complexity index is 1140. The van der Waals surface area contributed by atoms with E-state index in [-0.39, 0.29) is 4.90 Å². The van der Waals surface area contributed by atoms with E-state index >= 15 is 0 Å². The average Bonchev–Trinajstić information content (AvgIpc) is 2.72. The largest absolute Gasteiger partial charge is 0.491 e. The normalized spacial score (nSPS) is 11.4. The molecule has 0 saturated carbocycles. The van der Waals surface area contributed by atoms with E-state index in [1.807, 2.05) is 19.0 Å². The molecule has 0 aliphatic heterocycles. The third-order valence-corrected chi connectivity index (χ3v) is 6.20. The highest BCUT2D eigenvalue weighted by molar-refractivity contribution is 7.92. The minimum absolute atomic E-state index is 0.0871. The summed E-state index contributed by atoms with van der Waals surface area (Å²) in [6, 6.07) is 17.8. The molecule has 0 aliphatic carbocycles. The summed E-state index contributed by atoms with van der Waals surface area (Å²) >= 11 is 12.2. The predicted octanol–water partition coefficient (Wildman–Crippen LogP) is 5.53. The molecule has 9 heteroatoms. The molecule has 0 atom stereocenters. The van der Waals surface area contributed by atoms with Crippen LogP contribution in [-0.2, 0) is 10.0 Å². The number of anilines is 1. The van der Waals surface area contributed by atoms with E-state index in [9.17, 15) is 8.42 Å². The maximum atomic E-state index is 12.8. The summed E-state index contributed by atoms with van der Waals surface area (Å²) in [7, 11) is 0.0485. The van der Waals surface area contributed by atoms with Gasteiger partial charge in [-0.2, -0.15) is 0 Å². The van der Waals surface area contributed by atoms with E-state index in [0.29, 0.717) is 46.1 Å². The molecule has 0 unspecified atom stereocenters. The van der Waals surface area contributed by atoms with E-state index < -0.39 is 10.0 Å². The lowest BCUT2D eigenvalue weighted by Gasteiger charge is -2.14. The summed E-state index contributed by atoms with van der Waals surface area (Å²) in [6.45, 7) is 1.13. The molecule has 3 aromatic rings. The van der Waals surface area contributed by atoms with Gasteiger partial charge in [-0.15, -0.1) is 0 Å². The molecular formula is C22H22Cl2N2O4S. The Morgan fingerprint density at radius 3 is 2.26 bits per heavy atom. The Morgan fingerprint density at radius 2 is 1.58 bits per heavy atom. The molecule has 0 heterocycles. The van der Waals surface area contributed by atoms with Gasteiger partial charge in [-0.3, -0.25) is 4.72 Å². The highest BCUT2D eigenvalue weighted by Crippen LogP contribution is 2.31. The molecule has 3 rings (SSSR count). The van der Waals surface area contributed by atoms with Crippen LogP contribution in [0, 0.1) is 0 Å². The molecule has 0 aromatic heterocycles. The molecule has 0 aliphatic rings. The van der Waals surface area contributed by atoms with Gasteiger partial charge in [-0.05, 0) is 62.6 Å². The molecule has 0 radical (unpaired) electrons. The van der Waals surface area contributed by atoms with Crippen molar-refractivity contribution in [2.24, 2.45) is 0 Å². The minimum Gasteiger partial charge on any atom is -0.491 e. The Morgan fingerprint density at radius 1 is 0.903 bits per heavy atom. The summed E-state index contributed by atoms with van der Waals surface area (Å²) in [5.74, 6) is 1.36. The zero-order valence-electron chi connectivity index (χ0n) is 17.0. The fourth-order valence-corrected chi connectivity index (χ4v) is 3.97. The van der Waals surface area contributed by atoms with Crippen molar-refractivity contribution in [3.05, 3.63) is 76.8 Å². The van der Waals surface area contributed by atoms with Crippen LogP contribution in [0.4, 0.5) is 5.69 Å². The van der Waals surface area contributed by atoms with E-state index in [0.717, 1.165) is 0 Å². The van der Waals surface area contributed by atoms with Gasteiger partial charge in [0.05, 0.1) is 20.6 Å². The monoisotopic (exact) mass is 480 g/mol. The molecule has 0 amide bonds. The van der Waals surface area contributed by atoms with Crippen LogP contribution in [0.25, 0.3) is 0 Å². The number of para-hydroxylation sites is 1. The molecule has 0 saturated heterocycles. The van der Waals surface area contributed by atoms with Gasteiger partial charge in [-0.1, -0.05) is 35.3 Å². The summed E-state index contributed by atoms with van der Waals surface area (Å²) in [6.07, 6.45) is 0. The number of hydrogen-bond acceptors (Lipinski definition) is 5. The van der Waals surface area contributed by atoms with Gasteiger partial charge in [0.25, 0.3) is 10.0 Å². The second-order valence-electron chi connectivity index (χ2n) is 6.91. The van der Waals surface area contributed by atoms with Crippen LogP contribution in [0.2, 0.25) is 10.0 Å². The third-order valence-electron chi connectivity index (χ3n) is 4.18. The molecule has 31 heavy (non-hydrogen) atoms. The van der Waals surface area contributed by atoms with Crippen LogP contribution in [0.15, 0.2) is 71.6 Å². The van der Waals surface area contributed by atoms with Crippen molar-refractivity contribution in [2.45, 2.75) is 4.90 Å². The van der Waals surface area contributed by atoms with Gasteiger partial charge in [0.1, 0.15) is 23.9 Å². The minimum atomic E-state index is -3.81. The van der Waals surface area contributed by atoms with Crippen molar-refractivity contribution in [1.82, 2.24) is 4.90 Å². The third kappa shape index (κ3) is 6.51. The van der Waals surface area contributed by atoms with Gasteiger partial charge in [-0.25, -0.2) is 8.42 Å². The molecule has 0 spiro atoms. The number of nitrogens with zero attached hydrogens (tertiary/aromatic N) is 1. The van der Waals surface area contributed by atoms with Crippen molar-refractivity contribution in [2.75, 3.05) is 32.0 Å². The number of halogens is 2. The van der Waals surface area contributed by atoms with Crippen LogP contribution in [0.3, 0.4) is 0 Å². The SMILES string of the molecule is CN(C)CCOc1cc(NS(=O)(=O)c2ccc(Oc3ccccc3Cl)cc2)ccc1Cl. The number of nitrogens with one attached hydrogen (secondary N) is 1. The number of rotatable bonds is 9. The Balaban J connectivity index is 1.71. The second-order valence-corrected chi connectivity index (χ2v) is 9.40. The van der Waals surface area contributed by atoms with Gasteiger partial charge in [0.2, 0.25) is 0 Å². The van der Waals surface area contributed by atoms with Crippen LogP contribution in [0.5, 0.6) is 17.2 Å². The molecule has 6 nitrogen and oxygen atoms in total. The summed E-state index contributed by atoms with van der Waals surface area (Å²) in [5.41, 5.74) is 0.348. The Labute approximate surface area is 192 Å². The lowest BCUT2D eigenvalue weighted by Crippen LogP contribution is -2.19. The van der Waals surface area contributed by atoms with Crippen LogP contribution in [-0.4, -0.2) is 40.6 Å². The number of benzene rings is 3. The van der Waals surface area contributed by atoms with E-state index in [1.54, 1.807) is 54.6 Å². The topological polar surface area (TPSA) is 67.9 Å². The number of hydrogen-bond donors (Lipinski definition) is 1. The van der Waals surface area contributed by atoms with Crippen LogP contribution in [0.1, 0.15) is 0 Å². The van der Waals surface area contributed by atoms with Gasteiger partial charge < -0.3 is 14.4 Å². The highest BCUT2D eigenvalue weighted by atomic mass is 35.5. The fourth-order valence-electron chi connectivity index (χ4n) is 2.57. The first kappa shape index (κ1) is 23.2. The Hall–Kier alpha value is -2.45. The zero-order valence-corrected chi connectivity index (χ0v) is 19.3. The van der Waals surface area contributed by atoms with Crippen molar-refractivity contribution < 1.29 is 17.9 Å². The average molecular weight is 481 g/mol. The molecule has 1 N–H and O–H groups in total. The second kappa shape index (κ2) is 10.2.